The summed E-state index contributed by atoms with van der Waals surface area (Å²) in [5.41, 5.74) is 0. The summed E-state index contributed by atoms with van der Waals surface area (Å²) >= 11 is 2.24. The van der Waals surface area contributed by atoms with Gasteiger partial charge in [0.15, 0.2) is 0 Å². The fourth-order valence-electron chi connectivity index (χ4n) is 0.474. The molecule has 1 nitrogen and oxygen atoms in total. The Morgan fingerprint density at radius 2 is 2.11 bits per heavy atom. The minimum absolute atomic E-state index is 0.268. The predicted octanol–water partition coefficient (Wildman–Crippen LogP) is 2.69. The molecule has 9 heavy (non-hydrogen) atoms. The topological polar surface area (TPSA) is 17.1 Å². The summed E-state index contributed by atoms with van der Waals surface area (Å²) < 4.78 is 1.26. The van der Waals surface area contributed by atoms with Crippen LogP contribution in [-0.4, -0.2) is 5.78 Å². The second-order valence-electron chi connectivity index (χ2n) is 2.03. The lowest BCUT2D eigenvalue weighted by Crippen LogP contribution is -1.86. The highest BCUT2D eigenvalue weighted by atomic mass is 127. The quantitative estimate of drug-likeness (QED) is 0.691. The maximum absolute atomic E-state index is 10.4. The van der Waals surface area contributed by atoms with Gasteiger partial charge in [-0.25, -0.2) is 0 Å². The van der Waals surface area contributed by atoms with E-state index in [0.29, 0.717) is 6.42 Å². The molecule has 0 saturated heterocycles. The maximum Gasteiger partial charge on any atom is 0.130 e. The van der Waals surface area contributed by atoms with Crippen molar-refractivity contribution in [2.45, 2.75) is 26.7 Å². The van der Waals surface area contributed by atoms with Crippen molar-refractivity contribution < 1.29 is 4.79 Å². The Labute approximate surface area is 69.7 Å². The van der Waals surface area contributed by atoms with Crippen molar-refractivity contribution in [2.24, 2.45) is 0 Å². The molecule has 0 aliphatic heterocycles. The summed E-state index contributed by atoms with van der Waals surface area (Å²) in [5.74, 6) is 0.268. The van der Waals surface area contributed by atoms with Gasteiger partial charge in [0.05, 0.1) is 0 Å². The lowest BCUT2D eigenvalue weighted by molar-refractivity contribution is -0.116. The molecule has 0 heterocycles. The van der Waals surface area contributed by atoms with E-state index in [1.54, 1.807) is 6.92 Å². The molecule has 0 bridgehead atoms. The van der Waals surface area contributed by atoms with E-state index in [9.17, 15) is 4.79 Å². The molecular weight excluding hydrogens is 227 g/mol. The smallest absolute Gasteiger partial charge is 0.130 e. The number of hydrogen-bond acceptors (Lipinski definition) is 1. The highest BCUT2D eigenvalue weighted by molar-refractivity contribution is 14.1. The lowest BCUT2D eigenvalue weighted by Gasteiger charge is -1.88. The van der Waals surface area contributed by atoms with Gasteiger partial charge in [0.1, 0.15) is 5.78 Å². The third-order valence-electron chi connectivity index (χ3n) is 0.922. The van der Waals surface area contributed by atoms with E-state index in [4.69, 9.17) is 0 Å². The summed E-state index contributed by atoms with van der Waals surface area (Å²) in [6.07, 6.45) is 3.65. The maximum atomic E-state index is 10.4. The third kappa shape index (κ3) is 8.14. The van der Waals surface area contributed by atoms with Crippen LogP contribution in [-0.2, 0) is 4.79 Å². The van der Waals surface area contributed by atoms with Crippen molar-refractivity contribution in [2.75, 3.05) is 0 Å². The van der Waals surface area contributed by atoms with Crippen LogP contribution < -0.4 is 0 Å². The summed E-state index contributed by atoms with van der Waals surface area (Å²) in [6.45, 7) is 3.65. The van der Waals surface area contributed by atoms with Gasteiger partial charge in [-0.1, -0.05) is 6.08 Å². The first-order valence-electron chi connectivity index (χ1n) is 2.94. The second-order valence-corrected chi connectivity index (χ2v) is 3.73. The molecule has 0 aliphatic carbocycles. The Morgan fingerprint density at radius 3 is 2.44 bits per heavy atom. The molecule has 2 heteroatoms. The van der Waals surface area contributed by atoms with E-state index < -0.39 is 0 Å². The molecule has 0 rings (SSSR count). The molecule has 0 aromatic carbocycles. The molecule has 0 radical (unpaired) electrons. The number of allylic oxidation sites excluding steroid dienone is 2. The molecular formula is C7H11IO. The number of carbonyl (C=O) groups excluding carboxylic acids is 1. The number of rotatable bonds is 3. The van der Waals surface area contributed by atoms with Crippen LogP contribution in [0.15, 0.2) is 9.66 Å². The van der Waals surface area contributed by atoms with Crippen molar-refractivity contribution >= 4 is 28.4 Å². The van der Waals surface area contributed by atoms with Crippen molar-refractivity contribution in [3.63, 3.8) is 0 Å². The molecule has 0 aromatic rings. The van der Waals surface area contributed by atoms with Gasteiger partial charge in [-0.05, 0) is 46.4 Å². The van der Waals surface area contributed by atoms with E-state index in [1.807, 2.05) is 6.92 Å². The zero-order valence-electron chi connectivity index (χ0n) is 5.78. The standard InChI is InChI=1S/C7H11IO/c1-6(8)4-3-5-7(2)9/h4H,3,5H2,1-2H3. The first-order valence-corrected chi connectivity index (χ1v) is 4.02. The SMILES string of the molecule is CC(=O)CCC=C(C)I. The molecule has 0 amide bonds. The molecule has 0 atom stereocenters. The highest BCUT2D eigenvalue weighted by Gasteiger charge is 1.88. The van der Waals surface area contributed by atoms with Gasteiger partial charge in [0.25, 0.3) is 0 Å². The summed E-state index contributed by atoms with van der Waals surface area (Å²) in [4.78, 5) is 10.4. The summed E-state index contributed by atoms with van der Waals surface area (Å²) in [6, 6.07) is 0. The van der Waals surface area contributed by atoms with Crippen molar-refractivity contribution in [1.29, 1.82) is 0 Å². The number of Topliss-reactive ketones (excluding diaryl/α,β-unsaturated/α-hetero) is 1. The van der Waals surface area contributed by atoms with Crippen LogP contribution in [0.4, 0.5) is 0 Å². The highest BCUT2D eigenvalue weighted by Crippen LogP contribution is 2.05. The minimum Gasteiger partial charge on any atom is -0.300 e. The molecule has 0 aliphatic rings. The first-order chi connectivity index (χ1) is 4.13. The van der Waals surface area contributed by atoms with Crippen LogP contribution in [0.1, 0.15) is 26.7 Å². The lowest BCUT2D eigenvalue weighted by atomic mass is 10.2. The van der Waals surface area contributed by atoms with E-state index >= 15 is 0 Å². The van der Waals surface area contributed by atoms with Gasteiger partial charge >= 0.3 is 0 Å². The Kier molecular flexibility index (Phi) is 5.04. The zero-order chi connectivity index (χ0) is 7.28. The Balaban J connectivity index is 3.31. The van der Waals surface area contributed by atoms with Crippen LogP contribution in [0.2, 0.25) is 0 Å². The zero-order valence-corrected chi connectivity index (χ0v) is 7.94. The molecule has 0 aromatic heterocycles. The first kappa shape index (κ1) is 9.14. The van der Waals surface area contributed by atoms with Crippen LogP contribution in [0.25, 0.3) is 0 Å². The van der Waals surface area contributed by atoms with Crippen molar-refractivity contribution in [3.05, 3.63) is 9.66 Å². The van der Waals surface area contributed by atoms with Gasteiger partial charge in [-0.15, -0.1) is 0 Å². The third-order valence-corrected chi connectivity index (χ3v) is 1.36. The fraction of sp³-hybridized carbons (Fsp3) is 0.571. The van der Waals surface area contributed by atoms with Crippen LogP contribution >= 0.6 is 22.6 Å². The minimum atomic E-state index is 0.268. The second kappa shape index (κ2) is 4.97. The monoisotopic (exact) mass is 238 g/mol. The summed E-state index contributed by atoms with van der Waals surface area (Å²) in [7, 11) is 0. The average Bonchev–Trinajstić information content (AvgIpc) is 1.63. The normalized spacial score (nSPS) is 11.7. The molecule has 0 spiro atoms. The van der Waals surface area contributed by atoms with Gasteiger partial charge in [-0.2, -0.15) is 0 Å². The van der Waals surface area contributed by atoms with Gasteiger partial charge in [0, 0.05) is 6.42 Å². The van der Waals surface area contributed by atoms with Gasteiger partial charge < -0.3 is 4.79 Å². The summed E-state index contributed by atoms with van der Waals surface area (Å²) in [5, 5.41) is 0. The number of ketones is 1. The number of hydrogen-bond donors (Lipinski definition) is 0. The largest absolute Gasteiger partial charge is 0.300 e. The predicted molar refractivity (Wildman–Crippen MR) is 47.7 cm³/mol. The Hall–Kier alpha value is 0.140. The van der Waals surface area contributed by atoms with E-state index in [1.165, 1.54) is 3.58 Å². The fourth-order valence-corrected chi connectivity index (χ4v) is 0.786. The van der Waals surface area contributed by atoms with E-state index in [2.05, 4.69) is 28.7 Å². The number of carbonyl (C=O) groups is 1. The van der Waals surface area contributed by atoms with Crippen LogP contribution in [0.5, 0.6) is 0 Å². The van der Waals surface area contributed by atoms with E-state index in [0.717, 1.165) is 6.42 Å². The van der Waals surface area contributed by atoms with Crippen molar-refractivity contribution in [3.8, 4) is 0 Å². The molecule has 0 fully saturated rings. The van der Waals surface area contributed by atoms with Gasteiger partial charge in [-0.3, -0.25) is 0 Å². The van der Waals surface area contributed by atoms with Crippen LogP contribution in [0, 0.1) is 0 Å². The Bertz CT molecular complexity index is 123. The average molecular weight is 238 g/mol. The molecule has 52 valence electrons. The molecule has 0 saturated carbocycles. The number of halogens is 1. The van der Waals surface area contributed by atoms with Crippen molar-refractivity contribution in [1.82, 2.24) is 0 Å². The molecule has 0 unspecified atom stereocenters. The van der Waals surface area contributed by atoms with E-state index in [-0.39, 0.29) is 5.78 Å². The Morgan fingerprint density at radius 1 is 1.56 bits per heavy atom. The van der Waals surface area contributed by atoms with Crippen LogP contribution in [0.3, 0.4) is 0 Å². The molecule has 0 N–H and O–H groups in total. The van der Waals surface area contributed by atoms with Gasteiger partial charge in [0.2, 0.25) is 0 Å².